The maximum atomic E-state index is 12.6. The molecule has 19 heavy (non-hydrogen) atoms. The largest absolute Gasteiger partial charge is 0.343 e. The lowest BCUT2D eigenvalue weighted by Crippen LogP contribution is -2.45. The Morgan fingerprint density at radius 1 is 1.26 bits per heavy atom. The third kappa shape index (κ3) is 2.16. The van der Waals surface area contributed by atoms with Gasteiger partial charge < -0.3 is 5.32 Å². The van der Waals surface area contributed by atoms with E-state index in [0.717, 1.165) is 11.1 Å². The molecule has 1 aliphatic heterocycles. The molecule has 1 unspecified atom stereocenters. The smallest absolute Gasteiger partial charge is 0.235 e. The molecule has 2 rings (SSSR count). The first kappa shape index (κ1) is 14.1. The highest BCUT2D eigenvalue weighted by molar-refractivity contribution is 6.30. The SMILES string of the molecule is CCC1(CC)NC(=O)C(c2ccc(Cl)cc2C)C1=O. The van der Waals surface area contributed by atoms with Crippen molar-refractivity contribution >= 4 is 23.3 Å². The van der Waals surface area contributed by atoms with E-state index < -0.39 is 11.5 Å². The minimum atomic E-state index is -0.701. The average Bonchev–Trinajstić information content (AvgIpc) is 2.62. The molecular formula is C15H18ClNO2. The van der Waals surface area contributed by atoms with Gasteiger partial charge in [0.25, 0.3) is 0 Å². The fourth-order valence-corrected chi connectivity index (χ4v) is 3.01. The molecule has 1 amide bonds. The lowest BCUT2D eigenvalue weighted by Gasteiger charge is -2.24. The van der Waals surface area contributed by atoms with Gasteiger partial charge in [0.1, 0.15) is 5.92 Å². The summed E-state index contributed by atoms with van der Waals surface area (Å²) in [6.07, 6.45) is 1.24. The van der Waals surface area contributed by atoms with Crippen LogP contribution < -0.4 is 5.32 Å². The summed E-state index contributed by atoms with van der Waals surface area (Å²) in [5.74, 6) is -0.913. The molecule has 0 spiro atoms. The average molecular weight is 280 g/mol. The topological polar surface area (TPSA) is 46.2 Å². The van der Waals surface area contributed by atoms with Gasteiger partial charge in [-0.15, -0.1) is 0 Å². The molecule has 0 saturated carbocycles. The van der Waals surface area contributed by atoms with Gasteiger partial charge in [-0.2, -0.15) is 0 Å². The molecule has 0 aromatic heterocycles. The van der Waals surface area contributed by atoms with Crippen molar-refractivity contribution in [1.29, 1.82) is 0 Å². The van der Waals surface area contributed by atoms with Crippen LogP contribution in [0.2, 0.25) is 5.02 Å². The normalized spacial score (nSPS) is 21.6. The van der Waals surface area contributed by atoms with Crippen LogP contribution in [0.5, 0.6) is 0 Å². The summed E-state index contributed by atoms with van der Waals surface area (Å²) < 4.78 is 0. The highest BCUT2D eigenvalue weighted by Gasteiger charge is 2.51. The summed E-state index contributed by atoms with van der Waals surface area (Å²) in [6.45, 7) is 5.73. The second kappa shape index (κ2) is 4.97. The van der Waals surface area contributed by atoms with Gasteiger partial charge in [0, 0.05) is 5.02 Å². The number of aryl methyl sites for hydroxylation is 1. The Hall–Kier alpha value is -1.35. The van der Waals surface area contributed by atoms with Crippen molar-refractivity contribution < 1.29 is 9.59 Å². The van der Waals surface area contributed by atoms with E-state index in [9.17, 15) is 9.59 Å². The van der Waals surface area contributed by atoms with Crippen molar-refractivity contribution in [2.24, 2.45) is 0 Å². The number of ketones is 1. The van der Waals surface area contributed by atoms with Crippen LogP contribution in [0.4, 0.5) is 0 Å². The maximum Gasteiger partial charge on any atom is 0.235 e. The third-order valence-corrected chi connectivity index (χ3v) is 4.34. The van der Waals surface area contributed by atoms with E-state index in [4.69, 9.17) is 11.6 Å². The van der Waals surface area contributed by atoms with Gasteiger partial charge in [0.15, 0.2) is 5.78 Å². The molecule has 1 fully saturated rings. The Kier molecular flexibility index (Phi) is 3.68. The van der Waals surface area contributed by atoms with Gasteiger partial charge in [0.05, 0.1) is 5.54 Å². The zero-order valence-electron chi connectivity index (χ0n) is 11.4. The lowest BCUT2D eigenvalue weighted by molar-refractivity contribution is -0.125. The monoisotopic (exact) mass is 279 g/mol. The van der Waals surface area contributed by atoms with Crippen molar-refractivity contribution in [3.63, 3.8) is 0 Å². The highest BCUT2D eigenvalue weighted by Crippen LogP contribution is 2.35. The molecule has 0 aliphatic carbocycles. The number of hydrogen-bond donors (Lipinski definition) is 1. The quantitative estimate of drug-likeness (QED) is 0.865. The van der Waals surface area contributed by atoms with Gasteiger partial charge in [0.2, 0.25) is 5.91 Å². The van der Waals surface area contributed by atoms with Crippen molar-refractivity contribution in [3.8, 4) is 0 Å². The first-order chi connectivity index (χ1) is 8.95. The Bertz CT molecular complexity index is 535. The summed E-state index contributed by atoms with van der Waals surface area (Å²) >= 11 is 5.92. The predicted octanol–water partition coefficient (Wildman–Crippen LogP) is 2.99. The summed E-state index contributed by atoms with van der Waals surface area (Å²) in [7, 11) is 0. The third-order valence-electron chi connectivity index (χ3n) is 4.11. The second-order valence-electron chi connectivity index (χ2n) is 5.08. The van der Waals surface area contributed by atoms with Gasteiger partial charge >= 0.3 is 0 Å². The standard InChI is InChI=1S/C15H18ClNO2/c1-4-15(5-2)13(18)12(14(19)17-15)11-7-6-10(16)8-9(11)3/h6-8,12H,4-5H2,1-3H3,(H,17,19). The molecule has 3 nitrogen and oxygen atoms in total. The molecular weight excluding hydrogens is 262 g/mol. The Balaban J connectivity index is 2.46. The van der Waals surface area contributed by atoms with E-state index in [1.165, 1.54) is 0 Å². The Labute approximate surface area is 118 Å². The predicted molar refractivity (Wildman–Crippen MR) is 75.4 cm³/mol. The molecule has 102 valence electrons. The van der Waals surface area contributed by atoms with Crippen molar-refractivity contribution in [1.82, 2.24) is 5.32 Å². The van der Waals surface area contributed by atoms with Crippen molar-refractivity contribution in [2.45, 2.75) is 45.1 Å². The Morgan fingerprint density at radius 3 is 2.37 bits per heavy atom. The van der Waals surface area contributed by atoms with Gasteiger partial charge in [-0.05, 0) is 43.0 Å². The van der Waals surface area contributed by atoms with Crippen LogP contribution in [0, 0.1) is 6.92 Å². The van der Waals surface area contributed by atoms with Gasteiger partial charge in [-0.1, -0.05) is 31.5 Å². The first-order valence-corrected chi connectivity index (χ1v) is 6.95. The lowest BCUT2D eigenvalue weighted by atomic mass is 9.82. The van der Waals surface area contributed by atoms with E-state index in [-0.39, 0.29) is 11.7 Å². The first-order valence-electron chi connectivity index (χ1n) is 6.57. The van der Waals surface area contributed by atoms with Gasteiger partial charge in [-0.25, -0.2) is 0 Å². The summed E-state index contributed by atoms with van der Waals surface area (Å²) in [5, 5.41) is 3.50. The number of nitrogens with one attached hydrogen (secondary N) is 1. The Morgan fingerprint density at radius 2 is 1.89 bits per heavy atom. The second-order valence-corrected chi connectivity index (χ2v) is 5.51. The summed E-state index contributed by atoms with van der Waals surface area (Å²) in [5.41, 5.74) is 0.938. The van der Waals surface area contributed by atoms with Gasteiger partial charge in [-0.3, -0.25) is 9.59 Å². The van der Waals surface area contributed by atoms with E-state index >= 15 is 0 Å². The number of carbonyl (C=O) groups is 2. The van der Waals surface area contributed by atoms with Crippen molar-refractivity contribution in [3.05, 3.63) is 34.3 Å². The summed E-state index contributed by atoms with van der Waals surface area (Å²) in [6, 6.07) is 5.29. The van der Waals surface area contributed by atoms with Crippen LogP contribution in [-0.4, -0.2) is 17.2 Å². The van der Waals surface area contributed by atoms with Crippen LogP contribution in [-0.2, 0) is 9.59 Å². The number of rotatable bonds is 3. The van der Waals surface area contributed by atoms with Crippen LogP contribution >= 0.6 is 11.6 Å². The van der Waals surface area contributed by atoms with Crippen LogP contribution in [0.25, 0.3) is 0 Å². The van der Waals surface area contributed by atoms with Crippen LogP contribution in [0.3, 0.4) is 0 Å². The minimum Gasteiger partial charge on any atom is -0.343 e. The van der Waals surface area contributed by atoms with E-state index in [2.05, 4.69) is 5.32 Å². The zero-order chi connectivity index (χ0) is 14.2. The molecule has 1 atom stereocenters. The maximum absolute atomic E-state index is 12.6. The van der Waals surface area contributed by atoms with Crippen LogP contribution in [0.15, 0.2) is 18.2 Å². The molecule has 1 aromatic rings. The number of hydrogen-bond acceptors (Lipinski definition) is 2. The van der Waals surface area contributed by atoms with E-state index in [0.29, 0.717) is 17.9 Å². The molecule has 1 heterocycles. The fraction of sp³-hybridized carbons (Fsp3) is 0.467. The van der Waals surface area contributed by atoms with E-state index in [1.54, 1.807) is 18.2 Å². The number of benzene rings is 1. The summed E-state index contributed by atoms with van der Waals surface area (Å²) in [4.78, 5) is 24.8. The molecule has 1 N–H and O–H groups in total. The molecule has 0 radical (unpaired) electrons. The number of Topliss-reactive ketones (excluding diaryl/α,β-unsaturated/α-hetero) is 1. The number of amides is 1. The molecule has 1 saturated heterocycles. The van der Waals surface area contributed by atoms with Crippen LogP contribution in [0.1, 0.15) is 43.7 Å². The van der Waals surface area contributed by atoms with E-state index in [1.807, 2.05) is 20.8 Å². The zero-order valence-corrected chi connectivity index (χ0v) is 12.2. The highest BCUT2D eigenvalue weighted by atomic mass is 35.5. The van der Waals surface area contributed by atoms with Crippen molar-refractivity contribution in [2.75, 3.05) is 0 Å². The fourth-order valence-electron chi connectivity index (χ4n) is 2.79. The molecule has 4 heteroatoms. The molecule has 0 bridgehead atoms. The molecule has 1 aliphatic rings. The number of carbonyl (C=O) groups excluding carboxylic acids is 2. The molecule has 1 aromatic carbocycles. The minimum absolute atomic E-state index is 0.0204. The number of halogens is 1.